The molecule has 0 fully saturated rings. The van der Waals surface area contributed by atoms with Crippen LogP contribution in [0.15, 0.2) is 91.0 Å². The van der Waals surface area contributed by atoms with Gasteiger partial charge in [0.2, 0.25) is 0 Å². The standard InChI is InChI=1S/C25H29NO2/c1-2-12-25(23-17-10-5-11-18-23)28-26-24(22-15-8-4-9-16-22)20-27-19-21-13-6-3-7-14-21/h3-11,13-18,24-26H,2,12,19-20H2,1H3/t24-,25+/m0/s1. The summed E-state index contributed by atoms with van der Waals surface area (Å²) in [6.07, 6.45) is 2.04. The van der Waals surface area contributed by atoms with Gasteiger partial charge in [0, 0.05) is 0 Å². The number of benzene rings is 3. The zero-order chi connectivity index (χ0) is 19.4. The topological polar surface area (TPSA) is 30.5 Å². The molecule has 0 spiro atoms. The maximum atomic E-state index is 6.16. The second-order valence-electron chi connectivity index (χ2n) is 6.89. The van der Waals surface area contributed by atoms with Gasteiger partial charge in [-0.1, -0.05) is 104 Å². The van der Waals surface area contributed by atoms with Crippen molar-refractivity contribution in [2.24, 2.45) is 0 Å². The molecule has 28 heavy (non-hydrogen) atoms. The van der Waals surface area contributed by atoms with Crippen LogP contribution >= 0.6 is 0 Å². The molecule has 3 aromatic carbocycles. The van der Waals surface area contributed by atoms with Crippen LogP contribution in [0.25, 0.3) is 0 Å². The average Bonchev–Trinajstić information content (AvgIpc) is 2.77. The van der Waals surface area contributed by atoms with E-state index in [4.69, 9.17) is 9.57 Å². The van der Waals surface area contributed by atoms with Crippen molar-refractivity contribution in [2.45, 2.75) is 38.5 Å². The molecule has 0 heterocycles. The summed E-state index contributed by atoms with van der Waals surface area (Å²) in [5.41, 5.74) is 6.79. The van der Waals surface area contributed by atoms with Crippen LogP contribution in [0, 0.1) is 0 Å². The molecule has 0 bridgehead atoms. The minimum absolute atomic E-state index is 0.0199. The van der Waals surface area contributed by atoms with Crippen LogP contribution in [-0.2, 0) is 16.2 Å². The van der Waals surface area contributed by atoms with Crippen LogP contribution in [0.2, 0.25) is 0 Å². The third-order valence-corrected chi connectivity index (χ3v) is 4.67. The predicted molar refractivity (Wildman–Crippen MR) is 114 cm³/mol. The van der Waals surface area contributed by atoms with Crippen LogP contribution in [0.1, 0.15) is 48.6 Å². The van der Waals surface area contributed by atoms with Crippen LogP contribution in [-0.4, -0.2) is 6.61 Å². The van der Waals surface area contributed by atoms with E-state index in [0.717, 1.165) is 18.4 Å². The van der Waals surface area contributed by atoms with Gasteiger partial charge in [-0.2, -0.15) is 5.48 Å². The molecule has 3 heteroatoms. The predicted octanol–water partition coefficient (Wildman–Crippen LogP) is 6.01. The van der Waals surface area contributed by atoms with E-state index in [1.807, 2.05) is 42.5 Å². The van der Waals surface area contributed by atoms with Gasteiger partial charge in [0.05, 0.1) is 19.3 Å². The number of hydrogen-bond donors (Lipinski definition) is 1. The van der Waals surface area contributed by atoms with Crippen molar-refractivity contribution in [3.8, 4) is 0 Å². The number of ether oxygens (including phenoxy) is 1. The zero-order valence-corrected chi connectivity index (χ0v) is 16.5. The maximum absolute atomic E-state index is 6.16. The first-order valence-electron chi connectivity index (χ1n) is 9.99. The lowest BCUT2D eigenvalue weighted by Gasteiger charge is -2.24. The first kappa shape index (κ1) is 20.3. The van der Waals surface area contributed by atoms with E-state index in [0.29, 0.717) is 13.2 Å². The molecule has 0 saturated heterocycles. The highest BCUT2D eigenvalue weighted by molar-refractivity contribution is 5.20. The van der Waals surface area contributed by atoms with Crippen LogP contribution in [0.4, 0.5) is 0 Å². The molecule has 2 atom stereocenters. The highest BCUT2D eigenvalue weighted by Gasteiger charge is 2.16. The molecule has 3 aromatic rings. The molecule has 0 aliphatic rings. The van der Waals surface area contributed by atoms with E-state index in [1.54, 1.807) is 0 Å². The third kappa shape index (κ3) is 6.31. The summed E-state index contributed by atoms with van der Waals surface area (Å²) < 4.78 is 5.99. The molecule has 0 radical (unpaired) electrons. The Morgan fingerprint density at radius 1 is 0.750 bits per heavy atom. The first-order valence-corrected chi connectivity index (χ1v) is 9.99. The van der Waals surface area contributed by atoms with Gasteiger partial charge in [-0.3, -0.25) is 4.84 Å². The highest BCUT2D eigenvalue weighted by Crippen LogP contribution is 2.23. The van der Waals surface area contributed by atoms with Gasteiger partial charge < -0.3 is 4.74 Å². The Labute approximate surface area is 168 Å². The Balaban J connectivity index is 1.63. The van der Waals surface area contributed by atoms with Gasteiger partial charge in [-0.25, -0.2) is 0 Å². The fourth-order valence-electron chi connectivity index (χ4n) is 3.14. The van der Waals surface area contributed by atoms with Gasteiger partial charge in [0.1, 0.15) is 6.10 Å². The molecule has 0 aromatic heterocycles. The first-order chi connectivity index (χ1) is 13.9. The Morgan fingerprint density at radius 2 is 1.32 bits per heavy atom. The van der Waals surface area contributed by atoms with Gasteiger partial charge >= 0.3 is 0 Å². The minimum Gasteiger partial charge on any atom is -0.375 e. The number of nitrogens with one attached hydrogen (secondary N) is 1. The molecule has 0 aliphatic heterocycles. The number of rotatable bonds is 11. The molecule has 3 rings (SSSR count). The lowest BCUT2D eigenvalue weighted by atomic mass is 10.1. The van der Waals surface area contributed by atoms with E-state index in [1.165, 1.54) is 11.1 Å². The number of hydrogen-bond acceptors (Lipinski definition) is 3. The number of hydroxylamine groups is 1. The van der Waals surface area contributed by atoms with Crippen LogP contribution < -0.4 is 5.48 Å². The second-order valence-corrected chi connectivity index (χ2v) is 6.89. The fraction of sp³-hybridized carbons (Fsp3) is 0.280. The molecular weight excluding hydrogens is 346 g/mol. The smallest absolute Gasteiger partial charge is 0.104 e. The average molecular weight is 376 g/mol. The largest absolute Gasteiger partial charge is 0.375 e. The summed E-state index contributed by atoms with van der Waals surface area (Å²) in [5.74, 6) is 0. The van der Waals surface area contributed by atoms with E-state index in [9.17, 15) is 0 Å². The Hall–Kier alpha value is -2.46. The molecule has 1 N–H and O–H groups in total. The van der Waals surface area contributed by atoms with Gasteiger partial charge in [0.25, 0.3) is 0 Å². The molecule has 146 valence electrons. The second kappa shape index (κ2) is 11.4. The highest BCUT2D eigenvalue weighted by atomic mass is 16.7. The van der Waals surface area contributed by atoms with Crippen LogP contribution in [0.3, 0.4) is 0 Å². The zero-order valence-electron chi connectivity index (χ0n) is 16.5. The van der Waals surface area contributed by atoms with Crippen molar-refractivity contribution >= 4 is 0 Å². The monoisotopic (exact) mass is 375 g/mol. The van der Waals surface area contributed by atoms with E-state index >= 15 is 0 Å². The van der Waals surface area contributed by atoms with Crippen molar-refractivity contribution in [3.05, 3.63) is 108 Å². The quantitative estimate of drug-likeness (QED) is 0.417. The van der Waals surface area contributed by atoms with Gasteiger partial charge in [-0.05, 0) is 23.1 Å². The van der Waals surface area contributed by atoms with Crippen LogP contribution in [0.5, 0.6) is 0 Å². The molecular formula is C25H29NO2. The Kier molecular flexibility index (Phi) is 8.26. The summed E-state index contributed by atoms with van der Waals surface area (Å²) in [6.45, 7) is 3.30. The molecule has 0 unspecified atom stereocenters. The van der Waals surface area contributed by atoms with Gasteiger partial charge in [0.15, 0.2) is 0 Å². The van der Waals surface area contributed by atoms with Crippen molar-refractivity contribution < 1.29 is 9.57 Å². The van der Waals surface area contributed by atoms with E-state index in [-0.39, 0.29) is 12.1 Å². The normalized spacial score (nSPS) is 13.2. The summed E-state index contributed by atoms with van der Waals surface area (Å²) >= 11 is 0. The summed E-state index contributed by atoms with van der Waals surface area (Å²) in [6, 6.07) is 30.9. The molecule has 0 amide bonds. The van der Waals surface area contributed by atoms with Crippen molar-refractivity contribution in [1.29, 1.82) is 0 Å². The summed E-state index contributed by atoms with van der Waals surface area (Å²) in [4.78, 5) is 6.16. The molecule has 0 aliphatic carbocycles. The fourth-order valence-corrected chi connectivity index (χ4v) is 3.14. The SMILES string of the molecule is CCC[C@@H](ON[C@@H](COCc1ccccc1)c1ccccc1)c1ccccc1. The Bertz CT molecular complexity index is 777. The van der Waals surface area contributed by atoms with E-state index in [2.05, 4.69) is 60.9 Å². The summed E-state index contributed by atoms with van der Waals surface area (Å²) in [5, 5.41) is 0. The third-order valence-electron chi connectivity index (χ3n) is 4.67. The lowest BCUT2D eigenvalue weighted by molar-refractivity contribution is -0.0672. The summed E-state index contributed by atoms with van der Waals surface area (Å²) in [7, 11) is 0. The van der Waals surface area contributed by atoms with Crippen molar-refractivity contribution in [1.82, 2.24) is 5.48 Å². The Morgan fingerprint density at radius 3 is 1.93 bits per heavy atom. The van der Waals surface area contributed by atoms with Crippen molar-refractivity contribution in [2.75, 3.05) is 6.61 Å². The molecule has 3 nitrogen and oxygen atoms in total. The van der Waals surface area contributed by atoms with Crippen molar-refractivity contribution in [3.63, 3.8) is 0 Å². The van der Waals surface area contributed by atoms with Gasteiger partial charge in [-0.15, -0.1) is 0 Å². The van der Waals surface area contributed by atoms with E-state index < -0.39 is 0 Å². The molecule has 0 saturated carbocycles. The lowest BCUT2D eigenvalue weighted by Crippen LogP contribution is -2.28. The maximum Gasteiger partial charge on any atom is 0.104 e. The minimum atomic E-state index is -0.0343.